The molecule has 2 atom stereocenters. The third-order valence-electron chi connectivity index (χ3n) is 3.43. The second kappa shape index (κ2) is 7.67. The van der Waals surface area contributed by atoms with Gasteiger partial charge < -0.3 is 14.4 Å². The minimum Gasteiger partial charge on any atom is -0.378 e. The Hall–Kier alpha value is -0.610. The molecule has 4 nitrogen and oxygen atoms in total. The van der Waals surface area contributed by atoms with Crippen LogP contribution in [-0.4, -0.2) is 49.8 Å². The van der Waals surface area contributed by atoms with Crippen molar-refractivity contribution in [1.29, 1.82) is 0 Å². The molecule has 0 N–H and O–H groups in total. The molecule has 0 bridgehead atoms. The molecule has 0 radical (unpaired) electrons. The first-order chi connectivity index (χ1) is 8.15. The predicted molar refractivity (Wildman–Crippen MR) is 66.9 cm³/mol. The van der Waals surface area contributed by atoms with Crippen molar-refractivity contribution in [1.82, 2.24) is 4.90 Å². The van der Waals surface area contributed by atoms with E-state index in [1.165, 1.54) is 0 Å². The maximum atomic E-state index is 11.8. The molecule has 1 rings (SSSR count). The zero-order chi connectivity index (χ0) is 12.7. The zero-order valence-corrected chi connectivity index (χ0v) is 11.3. The van der Waals surface area contributed by atoms with Crippen LogP contribution >= 0.6 is 0 Å². The van der Waals surface area contributed by atoms with Crippen molar-refractivity contribution in [3.8, 4) is 0 Å². The fourth-order valence-electron chi connectivity index (χ4n) is 1.85. The fraction of sp³-hybridized carbons (Fsp3) is 0.923. The van der Waals surface area contributed by atoms with E-state index >= 15 is 0 Å². The van der Waals surface area contributed by atoms with Crippen LogP contribution in [0.1, 0.15) is 39.5 Å². The number of rotatable bonds is 7. The first kappa shape index (κ1) is 14.5. The molecule has 0 aromatic heterocycles. The van der Waals surface area contributed by atoms with Crippen LogP contribution in [0, 0.1) is 0 Å². The van der Waals surface area contributed by atoms with E-state index in [9.17, 15) is 4.79 Å². The average Bonchev–Trinajstić information content (AvgIpc) is 2.85. The van der Waals surface area contributed by atoms with Crippen molar-refractivity contribution in [2.24, 2.45) is 0 Å². The van der Waals surface area contributed by atoms with E-state index in [-0.39, 0.29) is 12.0 Å². The summed E-state index contributed by atoms with van der Waals surface area (Å²) in [5.74, 6) is 0.159. The Balaban J connectivity index is 2.06. The second-order valence-electron chi connectivity index (χ2n) is 4.72. The molecule has 0 spiro atoms. The molecule has 1 heterocycles. The molecule has 1 aliphatic rings. The van der Waals surface area contributed by atoms with E-state index in [0.717, 1.165) is 25.9 Å². The topological polar surface area (TPSA) is 38.8 Å². The van der Waals surface area contributed by atoms with E-state index in [2.05, 4.69) is 13.8 Å². The Morgan fingerprint density at radius 3 is 2.94 bits per heavy atom. The summed E-state index contributed by atoms with van der Waals surface area (Å²) in [7, 11) is 1.86. The van der Waals surface area contributed by atoms with Gasteiger partial charge in [-0.1, -0.05) is 6.92 Å². The molecule has 0 aromatic carbocycles. The lowest BCUT2D eigenvalue weighted by atomic mass is 10.2. The maximum absolute atomic E-state index is 11.8. The van der Waals surface area contributed by atoms with Crippen molar-refractivity contribution in [3.63, 3.8) is 0 Å². The monoisotopic (exact) mass is 243 g/mol. The molecule has 0 aromatic rings. The quantitative estimate of drug-likeness (QED) is 0.640. The Labute approximate surface area is 104 Å². The van der Waals surface area contributed by atoms with Crippen molar-refractivity contribution < 1.29 is 14.3 Å². The molecule has 4 heteroatoms. The normalized spacial score (nSPS) is 21.5. The van der Waals surface area contributed by atoms with Crippen LogP contribution in [0.25, 0.3) is 0 Å². The molecule has 17 heavy (non-hydrogen) atoms. The van der Waals surface area contributed by atoms with Crippen LogP contribution < -0.4 is 0 Å². The van der Waals surface area contributed by atoms with Crippen LogP contribution in [0.3, 0.4) is 0 Å². The summed E-state index contributed by atoms with van der Waals surface area (Å²) in [6.45, 7) is 6.12. The molecule has 1 aliphatic heterocycles. The SMILES string of the molecule is CCC(C)N(C)C(=O)CCOCC1CCCO1. The fourth-order valence-corrected chi connectivity index (χ4v) is 1.85. The average molecular weight is 243 g/mol. The van der Waals surface area contributed by atoms with Gasteiger partial charge in [0.2, 0.25) is 5.91 Å². The minimum absolute atomic E-state index is 0.159. The molecule has 1 amide bonds. The highest BCUT2D eigenvalue weighted by Crippen LogP contribution is 2.12. The Morgan fingerprint density at radius 1 is 1.59 bits per heavy atom. The molecule has 1 fully saturated rings. The smallest absolute Gasteiger partial charge is 0.224 e. The molecule has 0 saturated carbocycles. The summed E-state index contributed by atoms with van der Waals surface area (Å²) >= 11 is 0. The highest BCUT2D eigenvalue weighted by molar-refractivity contribution is 5.76. The first-order valence-electron chi connectivity index (χ1n) is 6.60. The van der Waals surface area contributed by atoms with Crippen LogP contribution in [-0.2, 0) is 14.3 Å². The number of ether oxygens (including phenoxy) is 2. The van der Waals surface area contributed by atoms with E-state index in [4.69, 9.17) is 9.47 Å². The molecular formula is C13H25NO3. The number of carbonyl (C=O) groups excluding carboxylic acids is 1. The molecular weight excluding hydrogens is 218 g/mol. The highest BCUT2D eigenvalue weighted by atomic mass is 16.5. The molecule has 0 aliphatic carbocycles. The third kappa shape index (κ3) is 5.04. The summed E-state index contributed by atoms with van der Waals surface area (Å²) < 4.78 is 10.9. The van der Waals surface area contributed by atoms with Gasteiger partial charge in [0, 0.05) is 19.7 Å². The van der Waals surface area contributed by atoms with E-state index in [1.807, 2.05) is 7.05 Å². The lowest BCUT2D eigenvalue weighted by Gasteiger charge is -2.23. The summed E-state index contributed by atoms with van der Waals surface area (Å²) in [6, 6.07) is 0.306. The summed E-state index contributed by atoms with van der Waals surface area (Å²) in [6.07, 6.45) is 3.91. The Morgan fingerprint density at radius 2 is 2.35 bits per heavy atom. The van der Waals surface area contributed by atoms with Gasteiger partial charge in [-0.15, -0.1) is 0 Å². The van der Waals surface area contributed by atoms with Crippen LogP contribution in [0.15, 0.2) is 0 Å². The Bertz CT molecular complexity index is 227. The van der Waals surface area contributed by atoms with Gasteiger partial charge in [-0.3, -0.25) is 4.79 Å². The molecule has 1 saturated heterocycles. The van der Waals surface area contributed by atoms with Gasteiger partial charge in [-0.05, 0) is 26.2 Å². The molecule has 100 valence electrons. The third-order valence-corrected chi connectivity index (χ3v) is 3.43. The van der Waals surface area contributed by atoms with Gasteiger partial charge in [0.05, 0.1) is 25.7 Å². The second-order valence-corrected chi connectivity index (χ2v) is 4.72. The molecule has 2 unspecified atom stereocenters. The summed E-state index contributed by atoms with van der Waals surface area (Å²) in [5, 5.41) is 0. The lowest BCUT2D eigenvalue weighted by molar-refractivity contribution is -0.133. The standard InChI is InChI=1S/C13H25NO3/c1-4-11(2)14(3)13(15)7-9-16-10-12-6-5-8-17-12/h11-12H,4-10H2,1-3H3. The first-order valence-corrected chi connectivity index (χ1v) is 6.60. The van der Waals surface area contributed by atoms with Crippen molar-refractivity contribution in [3.05, 3.63) is 0 Å². The van der Waals surface area contributed by atoms with E-state index < -0.39 is 0 Å². The van der Waals surface area contributed by atoms with Gasteiger partial charge in [0.15, 0.2) is 0 Å². The zero-order valence-electron chi connectivity index (χ0n) is 11.3. The van der Waals surface area contributed by atoms with Gasteiger partial charge in [-0.2, -0.15) is 0 Å². The maximum Gasteiger partial charge on any atom is 0.224 e. The Kier molecular flexibility index (Phi) is 6.52. The predicted octanol–water partition coefficient (Wildman–Crippen LogP) is 1.83. The van der Waals surface area contributed by atoms with Crippen molar-refractivity contribution in [2.45, 2.75) is 51.7 Å². The number of hydrogen-bond acceptors (Lipinski definition) is 3. The van der Waals surface area contributed by atoms with Crippen LogP contribution in [0.4, 0.5) is 0 Å². The van der Waals surface area contributed by atoms with E-state index in [0.29, 0.717) is 25.7 Å². The van der Waals surface area contributed by atoms with Crippen LogP contribution in [0.2, 0.25) is 0 Å². The summed E-state index contributed by atoms with van der Waals surface area (Å²) in [5.41, 5.74) is 0. The van der Waals surface area contributed by atoms with Crippen molar-refractivity contribution in [2.75, 3.05) is 26.9 Å². The van der Waals surface area contributed by atoms with Gasteiger partial charge in [0.25, 0.3) is 0 Å². The summed E-state index contributed by atoms with van der Waals surface area (Å²) in [4.78, 5) is 13.6. The lowest BCUT2D eigenvalue weighted by Crippen LogP contribution is -2.35. The van der Waals surface area contributed by atoms with Gasteiger partial charge >= 0.3 is 0 Å². The number of nitrogens with zero attached hydrogens (tertiary/aromatic N) is 1. The highest BCUT2D eigenvalue weighted by Gasteiger charge is 2.16. The van der Waals surface area contributed by atoms with Crippen molar-refractivity contribution >= 4 is 5.91 Å². The van der Waals surface area contributed by atoms with E-state index in [1.54, 1.807) is 4.90 Å². The number of carbonyl (C=O) groups is 1. The number of hydrogen-bond donors (Lipinski definition) is 0. The van der Waals surface area contributed by atoms with Gasteiger partial charge in [-0.25, -0.2) is 0 Å². The number of amides is 1. The van der Waals surface area contributed by atoms with Gasteiger partial charge in [0.1, 0.15) is 0 Å². The minimum atomic E-state index is 0.159. The largest absolute Gasteiger partial charge is 0.378 e. The van der Waals surface area contributed by atoms with Crippen LogP contribution in [0.5, 0.6) is 0 Å².